The highest BCUT2D eigenvalue weighted by Gasteiger charge is 2.13. The quantitative estimate of drug-likeness (QED) is 0.767. The maximum Gasteiger partial charge on any atom is 0.125 e. The lowest BCUT2D eigenvalue weighted by molar-refractivity contribution is 0.477. The molecule has 0 radical (unpaired) electrons. The first-order valence-electron chi connectivity index (χ1n) is 5.90. The Morgan fingerprint density at radius 2 is 1.95 bits per heavy atom. The highest BCUT2D eigenvalue weighted by atomic mass is 32.1. The number of phenols is 1. The van der Waals surface area contributed by atoms with Crippen molar-refractivity contribution in [2.75, 3.05) is 0 Å². The third-order valence-corrected chi connectivity index (χ3v) is 3.58. The SMILES string of the molecule is Cc1ncc(-c2ccsc2)c(-c2ccccc2O)n1. The molecule has 0 spiro atoms. The van der Waals surface area contributed by atoms with Gasteiger partial charge in [0.25, 0.3) is 0 Å². The molecule has 0 bridgehead atoms. The summed E-state index contributed by atoms with van der Waals surface area (Å²) in [5.41, 5.74) is 3.51. The summed E-state index contributed by atoms with van der Waals surface area (Å²) in [7, 11) is 0. The first kappa shape index (κ1) is 11.9. The predicted octanol–water partition coefficient (Wildman–Crippen LogP) is 3.89. The van der Waals surface area contributed by atoms with Crippen molar-refractivity contribution in [1.29, 1.82) is 0 Å². The molecule has 0 fully saturated rings. The zero-order valence-electron chi connectivity index (χ0n) is 10.4. The smallest absolute Gasteiger partial charge is 0.125 e. The molecule has 0 saturated heterocycles. The van der Waals surface area contributed by atoms with Crippen LogP contribution < -0.4 is 0 Å². The highest BCUT2D eigenvalue weighted by Crippen LogP contribution is 2.35. The van der Waals surface area contributed by atoms with Crippen molar-refractivity contribution in [2.24, 2.45) is 0 Å². The molecule has 0 saturated carbocycles. The molecule has 0 atom stereocenters. The van der Waals surface area contributed by atoms with Crippen LogP contribution in [-0.2, 0) is 0 Å². The number of phenolic OH excluding ortho intramolecular Hbond substituents is 1. The molecule has 0 unspecified atom stereocenters. The van der Waals surface area contributed by atoms with Crippen LogP contribution in [0, 0.1) is 6.92 Å². The normalized spacial score (nSPS) is 10.6. The maximum atomic E-state index is 10.0. The molecule has 0 aliphatic carbocycles. The summed E-state index contributed by atoms with van der Waals surface area (Å²) < 4.78 is 0. The fraction of sp³-hybridized carbons (Fsp3) is 0.0667. The van der Waals surface area contributed by atoms with E-state index in [1.165, 1.54) is 0 Å². The number of benzene rings is 1. The topological polar surface area (TPSA) is 46.0 Å². The second-order valence-corrected chi connectivity index (χ2v) is 4.99. The fourth-order valence-electron chi connectivity index (χ4n) is 1.98. The van der Waals surface area contributed by atoms with Gasteiger partial charge in [-0.15, -0.1) is 0 Å². The monoisotopic (exact) mass is 268 g/mol. The molecule has 19 heavy (non-hydrogen) atoms. The largest absolute Gasteiger partial charge is 0.507 e. The van der Waals surface area contributed by atoms with Crippen LogP contribution in [0.3, 0.4) is 0 Å². The second-order valence-electron chi connectivity index (χ2n) is 4.21. The molecular weight excluding hydrogens is 256 g/mol. The molecule has 0 aliphatic heterocycles. The molecule has 2 aromatic heterocycles. The van der Waals surface area contributed by atoms with Gasteiger partial charge in [-0.25, -0.2) is 9.97 Å². The van der Waals surface area contributed by atoms with E-state index in [9.17, 15) is 5.11 Å². The number of nitrogens with zero attached hydrogens (tertiary/aromatic N) is 2. The molecule has 94 valence electrons. The van der Waals surface area contributed by atoms with Crippen molar-refractivity contribution in [3.63, 3.8) is 0 Å². The highest BCUT2D eigenvalue weighted by molar-refractivity contribution is 7.08. The van der Waals surface area contributed by atoms with Crippen molar-refractivity contribution in [1.82, 2.24) is 9.97 Å². The lowest BCUT2D eigenvalue weighted by Gasteiger charge is -2.09. The minimum atomic E-state index is 0.233. The molecule has 3 aromatic rings. The van der Waals surface area contributed by atoms with E-state index >= 15 is 0 Å². The van der Waals surface area contributed by atoms with E-state index in [0.717, 1.165) is 22.4 Å². The van der Waals surface area contributed by atoms with E-state index < -0.39 is 0 Å². The summed E-state index contributed by atoms with van der Waals surface area (Å²) in [4.78, 5) is 8.76. The number of thiophene rings is 1. The maximum absolute atomic E-state index is 10.0. The summed E-state index contributed by atoms with van der Waals surface area (Å²) >= 11 is 1.63. The first-order valence-corrected chi connectivity index (χ1v) is 6.84. The van der Waals surface area contributed by atoms with Crippen molar-refractivity contribution < 1.29 is 5.11 Å². The Morgan fingerprint density at radius 1 is 1.11 bits per heavy atom. The number of para-hydroxylation sites is 1. The average molecular weight is 268 g/mol. The molecule has 1 aromatic carbocycles. The van der Waals surface area contributed by atoms with Crippen molar-refractivity contribution in [3.8, 4) is 28.1 Å². The van der Waals surface area contributed by atoms with Gasteiger partial charge in [-0.3, -0.25) is 0 Å². The summed E-state index contributed by atoms with van der Waals surface area (Å²) in [6.07, 6.45) is 1.81. The van der Waals surface area contributed by atoms with E-state index in [-0.39, 0.29) is 5.75 Å². The zero-order valence-corrected chi connectivity index (χ0v) is 11.2. The lowest BCUT2D eigenvalue weighted by Crippen LogP contribution is -1.94. The zero-order chi connectivity index (χ0) is 13.2. The van der Waals surface area contributed by atoms with E-state index in [1.54, 1.807) is 23.5 Å². The Morgan fingerprint density at radius 3 is 2.68 bits per heavy atom. The standard InChI is InChI=1S/C15H12N2OS/c1-10-16-8-13(11-6-7-19-9-11)15(17-10)12-4-2-3-5-14(12)18/h2-9,18H,1H3. The Bertz CT molecular complexity index is 708. The number of aryl methyl sites for hydroxylation is 1. The minimum Gasteiger partial charge on any atom is -0.507 e. The van der Waals surface area contributed by atoms with Gasteiger partial charge in [0.1, 0.15) is 11.6 Å². The Balaban J connectivity index is 2.26. The summed E-state index contributed by atoms with van der Waals surface area (Å²) in [6.45, 7) is 1.85. The van der Waals surface area contributed by atoms with Crippen molar-refractivity contribution in [2.45, 2.75) is 6.92 Å². The van der Waals surface area contributed by atoms with Crippen LogP contribution in [0.4, 0.5) is 0 Å². The van der Waals surface area contributed by atoms with Gasteiger partial charge < -0.3 is 5.11 Å². The van der Waals surface area contributed by atoms with Gasteiger partial charge in [0, 0.05) is 17.3 Å². The second kappa shape index (κ2) is 4.82. The fourth-order valence-corrected chi connectivity index (χ4v) is 2.63. The van der Waals surface area contributed by atoms with Crippen LogP contribution in [0.5, 0.6) is 5.75 Å². The number of hydrogen-bond acceptors (Lipinski definition) is 4. The summed E-state index contributed by atoms with van der Waals surface area (Å²) in [5, 5.41) is 14.1. The number of aromatic nitrogens is 2. The van der Waals surface area contributed by atoms with Gasteiger partial charge in [-0.05, 0) is 41.4 Å². The van der Waals surface area contributed by atoms with Gasteiger partial charge in [-0.1, -0.05) is 12.1 Å². The molecule has 0 amide bonds. The summed E-state index contributed by atoms with van der Waals surface area (Å²) in [6, 6.07) is 9.26. The van der Waals surface area contributed by atoms with E-state index in [2.05, 4.69) is 15.3 Å². The van der Waals surface area contributed by atoms with Crippen molar-refractivity contribution >= 4 is 11.3 Å². The third kappa shape index (κ3) is 2.22. The molecular formula is C15H12N2OS. The van der Waals surface area contributed by atoms with Gasteiger partial charge >= 0.3 is 0 Å². The van der Waals surface area contributed by atoms with Gasteiger partial charge in [0.15, 0.2) is 0 Å². The first-order chi connectivity index (χ1) is 9.25. The van der Waals surface area contributed by atoms with Crippen LogP contribution in [-0.4, -0.2) is 15.1 Å². The molecule has 2 heterocycles. The molecule has 3 rings (SSSR count). The minimum absolute atomic E-state index is 0.233. The van der Waals surface area contributed by atoms with E-state index in [4.69, 9.17) is 0 Å². The lowest BCUT2D eigenvalue weighted by atomic mass is 10.0. The van der Waals surface area contributed by atoms with Gasteiger partial charge in [-0.2, -0.15) is 11.3 Å². The van der Waals surface area contributed by atoms with Crippen LogP contribution in [0.15, 0.2) is 47.3 Å². The van der Waals surface area contributed by atoms with Crippen molar-refractivity contribution in [3.05, 3.63) is 53.1 Å². The molecule has 0 aliphatic rings. The predicted molar refractivity (Wildman–Crippen MR) is 77.2 cm³/mol. The van der Waals surface area contributed by atoms with Gasteiger partial charge in [0.2, 0.25) is 0 Å². The Labute approximate surface area is 115 Å². The van der Waals surface area contributed by atoms with Gasteiger partial charge in [0.05, 0.1) is 5.69 Å². The van der Waals surface area contributed by atoms with Crippen LogP contribution in [0.2, 0.25) is 0 Å². The molecule has 1 N–H and O–H groups in total. The summed E-state index contributed by atoms with van der Waals surface area (Å²) in [5.74, 6) is 0.925. The molecule has 3 nitrogen and oxygen atoms in total. The number of aromatic hydroxyl groups is 1. The Hall–Kier alpha value is -2.20. The van der Waals surface area contributed by atoms with E-state index in [1.807, 2.05) is 36.7 Å². The average Bonchev–Trinajstić information content (AvgIpc) is 2.93. The van der Waals surface area contributed by atoms with Crippen LogP contribution >= 0.6 is 11.3 Å². The third-order valence-electron chi connectivity index (χ3n) is 2.90. The van der Waals surface area contributed by atoms with Crippen LogP contribution in [0.25, 0.3) is 22.4 Å². The number of rotatable bonds is 2. The van der Waals surface area contributed by atoms with Crippen LogP contribution in [0.1, 0.15) is 5.82 Å². The van der Waals surface area contributed by atoms with E-state index in [0.29, 0.717) is 5.82 Å². The number of hydrogen-bond donors (Lipinski definition) is 1. The molecule has 4 heteroatoms. The Kier molecular flexibility index (Phi) is 3.01.